The molecule has 10 heteroatoms. The van der Waals surface area contributed by atoms with Crippen LogP contribution >= 0.6 is 11.6 Å². The van der Waals surface area contributed by atoms with Crippen molar-refractivity contribution in [2.75, 3.05) is 6.54 Å². The van der Waals surface area contributed by atoms with Crippen LogP contribution in [0.3, 0.4) is 0 Å². The second-order valence-corrected chi connectivity index (χ2v) is 10.4. The molecule has 2 aromatic carbocycles. The van der Waals surface area contributed by atoms with Crippen molar-refractivity contribution in [2.24, 2.45) is 0 Å². The lowest BCUT2D eigenvalue weighted by atomic mass is 10.1. The molecular formula is C23H26ClN3O5S. The van der Waals surface area contributed by atoms with Crippen LogP contribution in [0.4, 0.5) is 0 Å². The molecule has 0 radical (unpaired) electrons. The molecular weight excluding hydrogens is 466 g/mol. The molecule has 0 saturated heterocycles. The Bertz CT molecular complexity index is 1160. The quantitative estimate of drug-likeness (QED) is 0.611. The molecule has 1 N–H and O–H groups in total. The summed E-state index contributed by atoms with van der Waals surface area (Å²) in [5.74, 6) is -1.44. The van der Waals surface area contributed by atoms with E-state index < -0.39 is 27.9 Å². The summed E-state index contributed by atoms with van der Waals surface area (Å²) in [4.78, 5) is 39.7. The first-order valence-electron chi connectivity index (χ1n) is 10.5. The number of fused-ring (bicyclic) bond motifs is 1. The third-order valence-corrected chi connectivity index (χ3v) is 7.40. The molecule has 1 atom stereocenters. The molecule has 33 heavy (non-hydrogen) atoms. The topological polar surface area (TPSA) is 104 Å². The van der Waals surface area contributed by atoms with Gasteiger partial charge in [0.1, 0.15) is 10.9 Å². The Labute approximate surface area is 198 Å². The van der Waals surface area contributed by atoms with Crippen LogP contribution in [0.2, 0.25) is 5.02 Å². The highest BCUT2D eigenvalue weighted by atomic mass is 35.5. The van der Waals surface area contributed by atoms with Crippen LogP contribution < -0.4 is 5.32 Å². The number of hydrogen-bond acceptors (Lipinski definition) is 5. The molecule has 3 rings (SSSR count). The van der Waals surface area contributed by atoms with E-state index in [1.54, 1.807) is 43.3 Å². The average Bonchev–Trinajstić information content (AvgIpc) is 2.96. The molecule has 0 aliphatic carbocycles. The van der Waals surface area contributed by atoms with E-state index >= 15 is 0 Å². The smallest absolute Gasteiger partial charge is 0.269 e. The van der Waals surface area contributed by atoms with Gasteiger partial charge in [-0.2, -0.15) is 0 Å². The van der Waals surface area contributed by atoms with E-state index in [0.717, 1.165) is 9.87 Å². The van der Waals surface area contributed by atoms with E-state index in [-0.39, 0.29) is 41.9 Å². The van der Waals surface area contributed by atoms with Gasteiger partial charge in [0.25, 0.3) is 15.9 Å². The number of carbonyl (C=O) groups is 3. The van der Waals surface area contributed by atoms with Gasteiger partial charge in [0.15, 0.2) is 0 Å². The van der Waals surface area contributed by atoms with E-state index in [1.165, 1.54) is 17.0 Å². The summed E-state index contributed by atoms with van der Waals surface area (Å²) in [7, 11) is -4.01. The van der Waals surface area contributed by atoms with Gasteiger partial charge < -0.3 is 10.2 Å². The minimum Gasteiger partial charge on any atom is -0.352 e. The number of nitrogens with one attached hydrogen (secondary N) is 1. The minimum absolute atomic E-state index is 0.0647. The first-order chi connectivity index (χ1) is 15.5. The predicted octanol–water partition coefficient (Wildman–Crippen LogP) is 2.82. The zero-order chi connectivity index (χ0) is 24.3. The SMILES string of the molecule is CC(C)NC(=O)C(C)N(Cc1ccc(Cl)cc1)C(=O)CCN1C(=O)c2ccccc2S1(=O)=O. The fraction of sp³-hybridized carbons (Fsp3) is 0.348. The summed E-state index contributed by atoms with van der Waals surface area (Å²) in [5, 5.41) is 3.33. The van der Waals surface area contributed by atoms with Crippen LogP contribution in [0.15, 0.2) is 53.4 Å². The summed E-state index contributed by atoms with van der Waals surface area (Å²) in [6.45, 7) is 5.06. The van der Waals surface area contributed by atoms with Gasteiger partial charge in [0.05, 0.1) is 5.56 Å². The average molecular weight is 492 g/mol. The number of hydrogen-bond donors (Lipinski definition) is 1. The molecule has 1 unspecified atom stereocenters. The van der Waals surface area contributed by atoms with Gasteiger partial charge in [-0.25, -0.2) is 12.7 Å². The summed E-state index contributed by atoms with van der Waals surface area (Å²) < 4.78 is 26.3. The minimum atomic E-state index is -4.01. The fourth-order valence-electron chi connectivity index (χ4n) is 3.57. The lowest BCUT2D eigenvalue weighted by Crippen LogP contribution is -2.49. The van der Waals surface area contributed by atoms with Crippen molar-refractivity contribution < 1.29 is 22.8 Å². The summed E-state index contributed by atoms with van der Waals surface area (Å²) >= 11 is 5.94. The first kappa shape index (κ1) is 24.7. The van der Waals surface area contributed by atoms with Crippen molar-refractivity contribution in [1.82, 2.24) is 14.5 Å². The Morgan fingerprint density at radius 2 is 1.70 bits per heavy atom. The maximum Gasteiger partial charge on any atom is 0.269 e. The van der Waals surface area contributed by atoms with Crippen molar-refractivity contribution in [3.8, 4) is 0 Å². The van der Waals surface area contributed by atoms with Crippen LogP contribution in [-0.4, -0.2) is 54.0 Å². The number of carbonyl (C=O) groups excluding carboxylic acids is 3. The zero-order valence-corrected chi connectivity index (χ0v) is 20.2. The highest BCUT2D eigenvalue weighted by Gasteiger charge is 2.41. The number of amides is 3. The van der Waals surface area contributed by atoms with Crippen LogP contribution in [0.1, 0.15) is 43.1 Å². The first-order valence-corrected chi connectivity index (χ1v) is 12.3. The molecule has 8 nitrogen and oxygen atoms in total. The summed E-state index contributed by atoms with van der Waals surface area (Å²) in [5.41, 5.74) is 0.849. The Hall–Kier alpha value is -2.91. The Morgan fingerprint density at radius 1 is 1.06 bits per heavy atom. The number of benzene rings is 2. The lowest BCUT2D eigenvalue weighted by Gasteiger charge is -2.30. The van der Waals surface area contributed by atoms with Crippen LogP contribution in [0.5, 0.6) is 0 Å². The zero-order valence-electron chi connectivity index (χ0n) is 18.6. The van der Waals surface area contributed by atoms with Gasteiger partial charge in [0.2, 0.25) is 11.8 Å². The highest BCUT2D eigenvalue weighted by Crippen LogP contribution is 2.30. The standard InChI is InChI=1S/C23H26ClN3O5S/c1-15(2)25-22(29)16(3)26(14-17-8-10-18(24)11-9-17)21(28)12-13-27-23(30)19-6-4-5-7-20(19)33(27,31)32/h4-11,15-16H,12-14H2,1-3H3,(H,25,29). The van der Waals surface area contributed by atoms with E-state index in [2.05, 4.69) is 5.32 Å². The lowest BCUT2D eigenvalue weighted by molar-refractivity contribution is -0.140. The van der Waals surface area contributed by atoms with E-state index in [9.17, 15) is 22.8 Å². The summed E-state index contributed by atoms with van der Waals surface area (Å²) in [6.07, 6.45) is -0.258. The van der Waals surface area contributed by atoms with Gasteiger partial charge in [-0.3, -0.25) is 14.4 Å². The van der Waals surface area contributed by atoms with Gasteiger partial charge in [-0.05, 0) is 50.6 Å². The number of halogens is 1. The Kier molecular flexibility index (Phi) is 7.44. The van der Waals surface area contributed by atoms with E-state index in [0.29, 0.717) is 5.02 Å². The van der Waals surface area contributed by atoms with Crippen molar-refractivity contribution in [2.45, 2.75) is 50.7 Å². The molecule has 0 spiro atoms. The van der Waals surface area contributed by atoms with Crippen molar-refractivity contribution in [3.63, 3.8) is 0 Å². The van der Waals surface area contributed by atoms with E-state index in [4.69, 9.17) is 11.6 Å². The molecule has 0 aromatic heterocycles. The maximum atomic E-state index is 13.2. The second kappa shape index (κ2) is 9.93. The highest BCUT2D eigenvalue weighted by molar-refractivity contribution is 7.90. The normalized spacial score (nSPS) is 15.3. The van der Waals surface area contributed by atoms with Crippen molar-refractivity contribution >= 4 is 39.3 Å². The van der Waals surface area contributed by atoms with E-state index in [1.807, 2.05) is 13.8 Å². The van der Waals surface area contributed by atoms with Crippen molar-refractivity contribution in [1.29, 1.82) is 0 Å². The predicted molar refractivity (Wildman–Crippen MR) is 124 cm³/mol. The largest absolute Gasteiger partial charge is 0.352 e. The molecule has 1 heterocycles. The molecule has 0 bridgehead atoms. The Morgan fingerprint density at radius 3 is 2.30 bits per heavy atom. The van der Waals surface area contributed by atoms with Gasteiger partial charge in [0, 0.05) is 30.6 Å². The van der Waals surface area contributed by atoms with Gasteiger partial charge >= 0.3 is 0 Å². The molecule has 1 aliphatic heterocycles. The van der Waals surface area contributed by atoms with Crippen molar-refractivity contribution in [3.05, 3.63) is 64.7 Å². The fourth-order valence-corrected chi connectivity index (χ4v) is 5.26. The molecule has 0 saturated carbocycles. The third-order valence-electron chi connectivity index (χ3n) is 5.31. The van der Waals surface area contributed by atoms with Gasteiger partial charge in [-0.15, -0.1) is 0 Å². The van der Waals surface area contributed by atoms with Crippen LogP contribution in [0.25, 0.3) is 0 Å². The van der Waals surface area contributed by atoms with Crippen LogP contribution in [0, 0.1) is 0 Å². The number of sulfonamides is 1. The number of nitrogens with zero attached hydrogens (tertiary/aromatic N) is 2. The molecule has 0 fully saturated rings. The molecule has 3 amide bonds. The number of rotatable bonds is 8. The monoisotopic (exact) mass is 491 g/mol. The Balaban J connectivity index is 1.79. The summed E-state index contributed by atoms with van der Waals surface area (Å²) in [6, 6.07) is 11.9. The molecule has 176 valence electrons. The maximum absolute atomic E-state index is 13.2. The van der Waals surface area contributed by atoms with Gasteiger partial charge in [-0.1, -0.05) is 35.9 Å². The molecule has 2 aromatic rings. The third kappa shape index (κ3) is 5.36. The van der Waals surface area contributed by atoms with Crippen LogP contribution in [-0.2, 0) is 26.2 Å². The molecule has 1 aliphatic rings. The second-order valence-electron chi connectivity index (χ2n) is 8.12.